The Morgan fingerprint density at radius 1 is 1.19 bits per heavy atom. The van der Waals surface area contributed by atoms with Crippen molar-refractivity contribution < 1.29 is 4.79 Å². The number of amides is 1. The van der Waals surface area contributed by atoms with Gasteiger partial charge in [-0.25, -0.2) is 0 Å². The van der Waals surface area contributed by atoms with Gasteiger partial charge in [0.1, 0.15) is 6.54 Å². The summed E-state index contributed by atoms with van der Waals surface area (Å²) in [6.45, 7) is 4.07. The zero-order chi connectivity index (χ0) is 18.5. The fourth-order valence-electron chi connectivity index (χ4n) is 2.73. The van der Waals surface area contributed by atoms with E-state index in [9.17, 15) is 4.79 Å². The number of aryl methyl sites for hydroxylation is 1. The van der Waals surface area contributed by atoms with Crippen molar-refractivity contribution in [3.63, 3.8) is 0 Å². The minimum atomic E-state index is -0.145. The topological polar surface area (TPSA) is 72.7 Å². The summed E-state index contributed by atoms with van der Waals surface area (Å²) in [5, 5.41) is 15.4. The molecule has 26 heavy (non-hydrogen) atoms. The maximum atomic E-state index is 12.4. The second-order valence-corrected chi connectivity index (χ2v) is 6.95. The third-order valence-electron chi connectivity index (χ3n) is 4.14. The molecule has 134 valence electrons. The number of nitrogens with one attached hydrogen (secondary N) is 1. The van der Waals surface area contributed by atoms with Crippen LogP contribution in [0.2, 0.25) is 0 Å². The zero-order valence-corrected chi connectivity index (χ0v) is 16.3. The van der Waals surface area contributed by atoms with Crippen molar-refractivity contribution in [2.24, 2.45) is 0 Å². The normalized spacial score (nSPS) is 12.0. The Labute approximate surface area is 160 Å². The van der Waals surface area contributed by atoms with Crippen LogP contribution in [0.25, 0.3) is 11.4 Å². The van der Waals surface area contributed by atoms with E-state index in [1.54, 1.807) is 0 Å². The monoisotopic (exact) mass is 413 g/mol. The number of carbonyl (C=O) groups is 1. The van der Waals surface area contributed by atoms with Gasteiger partial charge in [-0.2, -0.15) is 4.80 Å². The lowest BCUT2D eigenvalue weighted by atomic mass is 10.0. The number of benzene rings is 2. The molecule has 0 bridgehead atoms. The van der Waals surface area contributed by atoms with Crippen LogP contribution in [-0.4, -0.2) is 26.1 Å². The Bertz CT molecular complexity index is 891. The Balaban J connectivity index is 1.66. The standard InChI is InChI=1S/C19H20BrN5O/c1-3-17(14-8-10-15(20)11-9-14)21-18(26)12-25-23-19(22-24-25)16-7-5-4-6-13(16)2/h4-11,17H,3,12H2,1-2H3,(H,21,26)/t17-/m1/s1. The summed E-state index contributed by atoms with van der Waals surface area (Å²) in [5.41, 5.74) is 3.05. The van der Waals surface area contributed by atoms with Gasteiger partial charge in [0.2, 0.25) is 11.7 Å². The predicted octanol–water partition coefficient (Wildman–Crippen LogP) is 3.68. The fourth-order valence-corrected chi connectivity index (χ4v) is 2.99. The maximum Gasteiger partial charge on any atom is 0.244 e. The SMILES string of the molecule is CC[C@@H](NC(=O)Cn1nnc(-c2ccccc2C)n1)c1ccc(Br)cc1. The fraction of sp³-hybridized carbons (Fsp3) is 0.263. The van der Waals surface area contributed by atoms with E-state index in [0.717, 1.165) is 27.6 Å². The second-order valence-electron chi connectivity index (χ2n) is 6.04. The van der Waals surface area contributed by atoms with Gasteiger partial charge in [-0.1, -0.05) is 59.3 Å². The highest BCUT2D eigenvalue weighted by molar-refractivity contribution is 9.10. The van der Waals surface area contributed by atoms with Crippen LogP contribution in [0.15, 0.2) is 53.0 Å². The summed E-state index contributed by atoms with van der Waals surface area (Å²) in [7, 11) is 0. The summed E-state index contributed by atoms with van der Waals surface area (Å²) in [6, 6.07) is 15.7. The van der Waals surface area contributed by atoms with E-state index >= 15 is 0 Å². The number of hydrogen-bond donors (Lipinski definition) is 1. The molecule has 0 unspecified atom stereocenters. The molecule has 3 rings (SSSR count). The van der Waals surface area contributed by atoms with Gasteiger partial charge in [-0.15, -0.1) is 10.2 Å². The highest BCUT2D eigenvalue weighted by Crippen LogP contribution is 2.20. The van der Waals surface area contributed by atoms with Crippen LogP contribution in [0.4, 0.5) is 0 Å². The molecular formula is C19H20BrN5O. The van der Waals surface area contributed by atoms with E-state index in [-0.39, 0.29) is 18.5 Å². The van der Waals surface area contributed by atoms with Gasteiger partial charge in [0, 0.05) is 10.0 Å². The van der Waals surface area contributed by atoms with E-state index in [1.807, 2.05) is 62.4 Å². The number of hydrogen-bond acceptors (Lipinski definition) is 4. The summed E-state index contributed by atoms with van der Waals surface area (Å²) in [6.07, 6.45) is 0.798. The Morgan fingerprint density at radius 3 is 2.62 bits per heavy atom. The van der Waals surface area contributed by atoms with Crippen LogP contribution in [-0.2, 0) is 11.3 Å². The molecule has 0 aliphatic rings. The molecule has 7 heteroatoms. The van der Waals surface area contributed by atoms with Crippen LogP contribution >= 0.6 is 15.9 Å². The lowest BCUT2D eigenvalue weighted by molar-refractivity contribution is -0.122. The molecular weight excluding hydrogens is 394 g/mol. The summed E-state index contributed by atoms with van der Waals surface area (Å²) in [4.78, 5) is 13.7. The van der Waals surface area contributed by atoms with Crippen molar-refractivity contribution in [1.82, 2.24) is 25.5 Å². The van der Waals surface area contributed by atoms with Gasteiger partial charge < -0.3 is 5.32 Å². The van der Waals surface area contributed by atoms with Gasteiger partial charge >= 0.3 is 0 Å². The van der Waals surface area contributed by atoms with Crippen LogP contribution < -0.4 is 5.32 Å². The van der Waals surface area contributed by atoms with Crippen LogP contribution in [0.3, 0.4) is 0 Å². The molecule has 0 saturated heterocycles. The molecule has 3 aromatic rings. The minimum absolute atomic E-state index is 0.0336. The first-order valence-electron chi connectivity index (χ1n) is 8.45. The molecule has 0 saturated carbocycles. The molecule has 1 atom stereocenters. The highest BCUT2D eigenvalue weighted by atomic mass is 79.9. The van der Waals surface area contributed by atoms with Gasteiger partial charge in [0.05, 0.1) is 6.04 Å². The first-order valence-corrected chi connectivity index (χ1v) is 9.24. The van der Waals surface area contributed by atoms with Crippen molar-refractivity contribution >= 4 is 21.8 Å². The molecule has 0 spiro atoms. The zero-order valence-electron chi connectivity index (χ0n) is 14.7. The van der Waals surface area contributed by atoms with Gasteiger partial charge in [0.15, 0.2) is 0 Å². The molecule has 1 amide bonds. The second kappa shape index (κ2) is 8.23. The quantitative estimate of drug-likeness (QED) is 0.668. The number of aromatic nitrogens is 4. The Kier molecular flexibility index (Phi) is 5.78. The summed E-state index contributed by atoms with van der Waals surface area (Å²) < 4.78 is 1.01. The lowest BCUT2D eigenvalue weighted by Gasteiger charge is -2.17. The molecule has 0 radical (unpaired) electrons. The van der Waals surface area contributed by atoms with Crippen LogP contribution in [0.5, 0.6) is 0 Å². The molecule has 6 nitrogen and oxygen atoms in total. The first kappa shape index (κ1) is 18.3. The Hall–Kier alpha value is -2.54. The van der Waals surface area contributed by atoms with E-state index in [4.69, 9.17) is 0 Å². The van der Waals surface area contributed by atoms with Crippen molar-refractivity contribution in [3.05, 3.63) is 64.1 Å². The molecule has 1 heterocycles. The number of carbonyl (C=O) groups excluding carboxylic acids is 1. The van der Waals surface area contributed by atoms with Gasteiger partial charge in [-0.3, -0.25) is 4.79 Å². The van der Waals surface area contributed by atoms with Gasteiger partial charge in [0.25, 0.3) is 0 Å². The van der Waals surface area contributed by atoms with Crippen molar-refractivity contribution in [1.29, 1.82) is 0 Å². The van der Waals surface area contributed by atoms with E-state index < -0.39 is 0 Å². The maximum absolute atomic E-state index is 12.4. The highest BCUT2D eigenvalue weighted by Gasteiger charge is 2.15. The summed E-state index contributed by atoms with van der Waals surface area (Å²) in [5.74, 6) is 0.379. The van der Waals surface area contributed by atoms with Crippen LogP contribution in [0, 0.1) is 6.92 Å². The number of nitrogens with zero attached hydrogens (tertiary/aromatic N) is 4. The van der Waals surface area contributed by atoms with Crippen molar-refractivity contribution in [3.8, 4) is 11.4 Å². The molecule has 0 fully saturated rings. The van der Waals surface area contributed by atoms with E-state index in [0.29, 0.717) is 5.82 Å². The molecule has 0 aliphatic carbocycles. The number of rotatable bonds is 6. The van der Waals surface area contributed by atoms with Gasteiger partial charge in [-0.05, 0) is 41.8 Å². The largest absolute Gasteiger partial charge is 0.348 e. The Morgan fingerprint density at radius 2 is 1.92 bits per heavy atom. The molecule has 1 N–H and O–H groups in total. The van der Waals surface area contributed by atoms with Crippen molar-refractivity contribution in [2.75, 3.05) is 0 Å². The number of halogens is 1. The average Bonchev–Trinajstić information content (AvgIpc) is 3.09. The third kappa shape index (κ3) is 4.35. The predicted molar refractivity (Wildman–Crippen MR) is 103 cm³/mol. The summed E-state index contributed by atoms with van der Waals surface area (Å²) >= 11 is 3.42. The van der Waals surface area contributed by atoms with E-state index in [2.05, 4.69) is 36.7 Å². The smallest absolute Gasteiger partial charge is 0.244 e. The minimum Gasteiger partial charge on any atom is -0.348 e. The van der Waals surface area contributed by atoms with Crippen molar-refractivity contribution in [2.45, 2.75) is 32.9 Å². The molecule has 0 aliphatic heterocycles. The number of tetrazole rings is 1. The molecule has 1 aromatic heterocycles. The average molecular weight is 414 g/mol. The van der Waals surface area contributed by atoms with E-state index in [1.165, 1.54) is 4.80 Å². The third-order valence-corrected chi connectivity index (χ3v) is 4.67. The van der Waals surface area contributed by atoms with Crippen LogP contribution in [0.1, 0.15) is 30.5 Å². The lowest BCUT2D eigenvalue weighted by Crippen LogP contribution is -2.32. The molecule has 2 aromatic carbocycles. The first-order chi connectivity index (χ1) is 12.6.